The molecule has 3 nitrogen and oxygen atoms in total. The van der Waals surface area contributed by atoms with Crippen LogP contribution in [0.5, 0.6) is 0 Å². The average molecular weight is 293 g/mol. The number of carbonyl (C=O) groups excluding carboxylic acids is 1. The minimum absolute atomic E-state index is 0. The molecule has 0 aliphatic rings. The van der Waals surface area contributed by atoms with Crippen LogP contribution in [0.4, 0.5) is 8.78 Å². The lowest BCUT2D eigenvalue weighted by Gasteiger charge is -2.05. The number of rotatable bonds is 7. The second kappa shape index (κ2) is 9.69. The average Bonchev–Trinajstić information content (AvgIpc) is 2.34. The first-order valence-electron chi connectivity index (χ1n) is 5.98. The summed E-state index contributed by atoms with van der Waals surface area (Å²) in [7, 11) is 1.81. The third-order valence-corrected chi connectivity index (χ3v) is 2.55. The number of hydrogen-bond donors (Lipinski definition) is 2. The van der Waals surface area contributed by atoms with Crippen molar-refractivity contribution < 1.29 is 13.6 Å². The van der Waals surface area contributed by atoms with Gasteiger partial charge in [0.2, 0.25) is 5.91 Å². The van der Waals surface area contributed by atoms with Crippen molar-refractivity contribution in [2.45, 2.75) is 19.3 Å². The molecule has 0 unspecified atom stereocenters. The van der Waals surface area contributed by atoms with E-state index in [1.807, 2.05) is 7.05 Å². The van der Waals surface area contributed by atoms with Gasteiger partial charge in [-0.1, -0.05) is 6.07 Å². The molecule has 0 atom stereocenters. The van der Waals surface area contributed by atoms with Gasteiger partial charge in [-0.2, -0.15) is 0 Å². The van der Waals surface area contributed by atoms with E-state index >= 15 is 0 Å². The molecule has 0 spiro atoms. The number of amides is 1. The SMILES string of the molecule is CNCCNC(=O)CCCc1ccc(F)c(F)c1.Cl. The molecule has 0 saturated heterocycles. The number of likely N-dealkylation sites (N-methyl/N-ethyl adjacent to an activating group) is 1. The maximum Gasteiger partial charge on any atom is 0.220 e. The highest BCUT2D eigenvalue weighted by Gasteiger charge is 2.04. The molecule has 1 rings (SSSR count). The number of benzene rings is 1. The van der Waals surface area contributed by atoms with Crippen LogP contribution in [-0.4, -0.2) is 26.0 Å². The van der Waals surface area contributed by atoms with Crippen molar-refractivity contribution in [3.63, 3.8) is 0 Å². The van der Waals surface area contributed by atoms with E-state index in [0.29, 0.717) is 31.4 Å². The summed E-state index contributed by atoms with van der Waals surface area (Å²) in [5.74, 6) is -1.71. The molecule has 0 bridgehead atoms. The topological polar surface area (TPSA) is 41.1 Å². The minimum Gasteiger partial charge on any atom is -0.355 e. The molecule has 0 saturated carbocycles. The lowest BCUT2D eigenvalue weighted by molar-refractivity contribution is -0.121. The molecule has 2 N–H and O–H groups in total. The molecule has 0 radical (unpaired) electrons. The minimum atomic E-state index is -0.844. The maximum atomic E-state index is 12.9. The number of carbonyl (C=O) groups is 1. The van der Waals surface area contributed by atoms with Gasteiger partial charge in [0.15, 0.2) is 11.6 Å². The van der Waals surface area contributed by atoms with E-state index in [4.69, 9.17) is 0 Å². The van der Waals surface area contributed by atoms with E-state index in [-0.39, 0.29) is 18.3 Å². The molecular weight excluding hydrogens is 274 g/mol. The molecule has 19 heavy (non-hydrogen) atoms. The second-order valence-corrected chi connectivity index (χ2v) is 4.06. The number of aryl methyl sites for hydroxylation is 1. The molecule has 0 aromatic heterocycles. The predicted octanol–water partition coefficient (Wildman–Crippen LogP) is 2.04. The molecule has 108 valence electrons. The largest absolute Gasteiger partial charge is 0.355 e. The Morgan fingerprint density at radius 2 is 1.95 bits per heavy atom. The summed E-state index contributed by atoms with van der Waals surface area (Å²) in [6, 6.07) is 3.82. The van der Waals surface area contributed by atoms with Crippen LogP contribution in [0.3, 0.4) is 0 Å². The van der Waals surface area contributed by atoms with E-state index in [9.17, 15) is 13.6 Å². The van der Waals surface area contributed by atoms with Crippen LogP contribution in [0.2, 0.25) is 0 Å². The molecular formula is C13H19ClF2N2O. The Hall–Kier alpha value is -1.20. The molecule has 6 heteroatoms. The molecule has 0 aliphatic heterocycles. The number of nitrogens with one attached hydrogen (secondary N) is 2. The van der Waals surface area contributed by atoms with E-state index in [2.05, 4.69) is 10.6 Å². The van der Waals surface area contributed by atoms with Crippen molar-refractivity contribution in [1.29, 1.82) is 0 Å². The zero-order valence-electron chi connectivity index (χ0n) is 10.8. The third kappa shape index (κ3) is 7.08. The Morgan fingerprint density at radius 1 is 1.21 bits per heavy atom. The van der Waals surface area contributed by atoms with Gasteiger partial charge in [0.1, 0.15) is 0 Å². The molecule has 0 fully saturated rings. The van der Waals surface area contributed by atoms with E-state index in [0.717, 1.165) is 12.6 Å². The Labute approximate surface area is 118 Å². The van der Waals surface area contributed by atoms with Crippen LogP contribution in [0.1, 0.15) is 18.4 Å². The highest BCUT2D eigenvalue weighted by atomic mass is 35.5. The fraction of sp³-hybridized carbons (Fsp3) is 0.462. The third-order valence-electron chi connectivity index (χ3n) is 2.55. The maximum absolute atomic E-state index is 12.9. The Kier molecular flexibility index (Phi) is 9.08. The van der Waals surface area contributed by atoms with Crippen molar-refractivity contribution in [3.8, 4) is 0 Å². The van der Waals surface area contributed by atoms with Gasteiger partial charge in [0.05, 0.1) is 0 Å². The first-order chi connectivity index (χ1) is 8.63. The van der Waals surface area contributed by atoms with E-state index in [1.54, 1.807) is 0 Å². The van der Waals surface area contributed by atoms with Crippen molar-refractivity contribution >= 4 is 18.3 Å². The predicted molar refractivity (Wildman–Crippen MR) is 73.5 cm³/mol. The smallest absolute Gasteiger partial charge is 0.220 e. The van der Waals surface area contributed by atoms with Gasteiger partial charge in [-0.25, -0.2) is 8.78 Å². The van der Waals surface area contributed by atoms with Crippen LogP contribution in [0.25, 0.3) is 0 Å². The van der Waals surface area contributed by atoms with E-state index in [1.165, 1.54) is 12.1 Å². The molecule has 0 aliphatic carbocycles. The summed E-state index contributed by atoms with van der Waals surface area (Å²) < 4.78 is 25.6. The fourth-order valence-electron chi connectivity index (χ4n) is 1.56. The van der Waals surface area contributed by atoms with E-state index < -0.39 is 11.6 Å². The fourth-order valence-corrected chi connectivity index (χ4v) is 1.56. The second-order valence-electron chi connectivity index (χ2n) is 4.06. The van der Waals surface area contributed by atoms with Crippen molar-refractivity contribution in [2.75, 3.05) is 20.1 Å². The molecule has 0 heterocycles. The van der Waals surface area contributed by atoms with Gasteiger partial charge >= 0.3 is 0 Å². The Morgan fingerprint density at radius 3 is 2.58 bits per heavy atom. The Bertz CT molecular complexity index is 402. The van der Waals surface area contributed by atoms with Gasteiger partial charge in [0, 0.05) is 19.5 Å². The van der Waals surface area contributed by atoms with Crippen LogP contribution < -0.4 is 10.6 Å². The lowest BCUT2D eigenvalue weighted by atomic mass is 10.1. The van der Waals surface area contributed by atoms with Gasteiger partial charge in [-0.05, 0) is 37.6 Å². The van der Waals surface area contributed by atoms with Gasteiger partial charge < -0.3 is 10.6 Å². The summed E-state index contributed by atoms with van der Waals surface area (Å²) in [6.07, 6.45) is 1.58. The van der Waals surface area contributed by atoms with Gasteiger partial charge in [0.25, 0.3) is 0 Å². The van der Waals surface area contributed by atoms with Crippen LogP contribution in [0.15, 0.2) is 18.2 Å². The zero-order valence-corrected chi connectivity index (χ0v) is 11.7. The van der Waals surface area contributed by atoms with Crippen molar-refractivity contribution in [3.05, 3.63) is 35.4 Å². The quantitative estimate of drug-likeness (QED) is 0.755. The van der Waals surface area contributed by atoms with Crippen molar-refractivity contribution in [1.82, 2.24) is 10.6 Å². The van der Waals surface area contributed by atoms with Crippen LogP contribution >= 0.6 is 12.4 Å². The Balaban J connectivity index is 0.00000324. The normalized spacial score (nSPS) is 9.84. The summed E-state index contributed by atoms with van der Waals surface area (Å²) in [5, 5.41) is 5.68. The lowest BCUT2D eigenvalue weighted by Crippen LogP contribution is -2.30. The first-order valence-corrected chi connectivity index (χ1v) is 5.98. The zero-order chi connectivity index (χ0) is 13.4. The summed E-state index contributed by atoms with van der Waals surface area (Å²) in [5.41, 5.74) is 0.705. The summed E-state index contributed by atoms with van der Waals surface area (Å²) in [6.45, 7) is 1.33. The van der Waals surface area contributed by atoms with Gasteiger partial charge in [-0.3, -0.25) is 4.79 Å². The van der Waals surface area contributed by atoms with Gasteiger partial charge in [-0.15, -0.1) is 12.4 Å². The number of halogens is 3. The van der Waals surface area contributed by atoms with Crippen LogP contribution in [-0.2, 0) is 11.2 Å². The van der Waals surface area contributed by atoms with Crippen LogP contribution in [0, 0.1) is 11.6 Å². The summed E-state index contributed by atoms with van der Waals surface area (Å²) in [4.78, 5) is 11.4. The highest BCUT2D eigenvalue weighted by molar-refractivity contribution is 5.85. The summed E-state index contributed by atoms with van der Waals surface area (Å²) >= 11 is 0. The molecule has 1 aromatic carbocycles. The number of hydrogen-bond acceptors (Lipinski definition) is 2. The monoisotopic (exact) mass is 292 g/mol. The van der Waals surface area contributed by atoms with Crippen molar-refractivity contribution in [2.24, 2.45) is 0 Å². The molecule has 1 amide bonds. The molecule has 1 aromatic rings. The highest BCUT2D eigenvalue weighted by Crippen LogP contribution is 2.11. The standard InChI is InChI=1S/C13H18F2N2O.ClH/c1-16-7-8-17-13(18)4-2-3-10-5-6-11(14)12(15)9-10;/h5-6,9,16H,2-4,7-8H2,1H3,(H,17,18);1H. The first kappa shape index (κ1) is 17.8.